The Labute approximate surface area is 412 Å². The number of rotatable bonds is 4. The standard InChI is InChI=1S/C31H46N2O2.6C3H7O.2Zr/c1-20-13-22(28(34)24(15-20)30(3,4)5)17-32-19-33(27-12-10-9-11-26(27)32)18-23-14-21(2)16-25(29(23)35)31(6,7)8;6*1-3(2)4;;/h13-16,26-27,34-35H,9-12,17-19H2,1-8H3;6*3H,1-2H3;;/q;6*-1;2*+4/p-2/t26-,27-;;;;;;;;/m1......../s1. The van der Waals surface area contributed by atoms with Gasteiger partial charge in [-0.25, -0.2) is 0 Å². The van der Waals surface area contributed by atoms with E-state index in [1.165, 1.54) is 25.7 Å². The molecule has 2 aliphatic rings. The maximum atomic E-state index is 13.4. The third kappa shape index (κ3) is 35.4. The zero-order valence-electron chi connectivity index (χ0n) is 42.0. The fourth-order valence-corrected chi connectivity index (χ4v) is 6.20. The molecular weight excluding hydrogens is 927 g/mol. The van der Waals surface area contributed by atoms with Gasteiger partial charge < -0.3 is 40.9 Å². The molecule has 0 N–H and O–H groups in total. The summed E-state index contributed by atoms with van der Waals surface area (Å²) in [6.45, 7) is 38.4. The second-order valence-corrected chi connectivity index (χ2v) is 19.4. The van der Waals surface area contributed by atoms with Crippen molar-refractivity contribution in [2.75, 3.05) is 6.67 Å². The first-order valence-corrected chi connectivity index (χ1v) is 21.7. The quantitative estimate of drug-likeness (QED) is 0.430. The molecule has 61 heavy (non-hydrogen) atoms. The Bertz CT molecular complexity index is 1240. The topological polar surface area (TPSA) is 191 Å². The first-order valence-electron chi connectivity index (χ1n) is 21.7. The van der Waals surface area contributed by atoms with E-state index in [0.29, 0.717) is 25.2 Å². The van der Waals surface area contributed by atoms with Gasteiger partial charge >= 0.3 is 52.4 Å². The predicted molar refractivity (Wildman–Crippen MR) is 231 cm³/mol. The Balaban J connectivity index is -0.000000332. The van der Waals surface area contributed by atoms with Crippen LogP contribution >= 0.6 is 0 Å². The van der Waals surface area contributed by atoms with E-state index in [1.807, 2.05) is 0 Å². The minimum Gasteiger partial charge on any atom is -0.872 e. The van der Waals surface area contributed by atoms with Crippen molar-refractivity contribution in [1.82, 2.24) is 9.80 Å². The van der Waals surface area contributed by atoms with Gasteiger partial charge in [-0.1, -0.05) is 173 Å². The van der Waals surface area contributed by atoms with E-state index in [2.05, 4.69) is 89.5 Å². The van der Waals surface area contributed by atoms with Gasteiger partial charge in [0, 0.05) is 25.2 Å². The van der Waals surface area contributed by atoms with Gasteiger partial charge in [0.25, 0.3) is 0 Å². The minimum atomic E-state index is -0.417. The van der Waals surface area contributed by atoms with Crippen molar-refractivity contribution in [3.63, 3.8) is 0 Å². The number of aryl methyl sites for hydroxylation is 2. The van der Waals surface area contributed by atoms with Crippen molar-refractivity contribution in [1.29, 1.82) is 0 Å². The van der Waals surface area contributed by atoms with Crippen LogP contribution in [0.1, 0.15) is 184 Å². The van der Waals surface area contributed by atoms with E-state index >= 15 is 0 Å². The van der Waals surface area contributed by atoms with Gasteiger partial charge in [0.2, 0.25) is 0 Å². The molecule has 1 saturated carbocycles. The van der Waals surface area contributed by atoms with Gasteiger partial charge in [0.05, 0.1) is 6.67 Å². The van der Waals surface area contributed by atoms with E-state index in [-0.39, 0.29) is 74.7 Å². The smallest absolute Gasteiger partial charge is 0.872 e. The summed E-state index contributed by atoms with van der Waals surface area (Å²) in [5.41, 5.74) is 5.64. The van der Waals surface area contributed by atoms with Crippen LogP contribution in [-0.4, -0.2) is 65.2 Å². The van der Waals surface area contributed by atoms with Crippen LogP contribution in [0.3, 0.4) is 0 Å². The first kappa shape index (κ1) is 69.5. The van der Waals surface area contributed by atoms with Crippen LogP contribution < -0.4 is 40.9 Å². The fraction of sp³-hybridized carbons (Fsp3) is 0.755. The zero-order valence-corrected chi connectivity index (χ0v) is 47.0. The van der Waals surface area contributed by atoms with Crippen molar-refractivity contribution >= 4 is 0 Å². The summed E-state index contributed by atoms with van der Waals surface area (Å²) in [7, 11) is 0. The Kier molecular flexibility index (Phi) is 39.6. The van der Waals surface area contributed by atoms with Crippen molar-refractivity contribution in [2.45, 2.75) is 237 Å². The molecular formula is C49H86N2O8Zr2. The fourth-order valence-electron chi connectivity index (χ4n) is 6.20. The van der Waals surface area contributed by atoms with Crippen LogP contribution in [0, 0.1) is 13.8 Å². The Morgan fingerprint density at radius 2 is 0.689 bits per heavy atom. The summed E-state index contributed by atoms with van der Waals surface area (Å²) in [6, 6.07) is 9.19. The molecule has 0 unspecified atom stereocenters. The average molecular weight is 1010 g/mol. The molecule has 12 heteroatoms. The molecule has 10 nitrogen and oxygen atoms in total. The summed E-state index contributed by atoms with van der Waals surface area (Å²) < 4.78 is 0. The van der Waals surface area contributed by atoms with E-state index < -0.39 is 36.6 Å². The van der Waals surface area contributed by atoms with Gasteiger partial charge in [0.15, 0.2) is 0 Å². The van der Waals surface area contributed by atoms with Crippen LogP contribution in [0.4, 0.5) is 0 Å². The second kappa shape index (κ2) is 34.8. The number of hydrogen-bond donors (Lipinski definition) is 0. The van der Waals surface area contributed by atoms with Gasteiger partial charge in [-0.2, -0.15) is 0 Å². The molecule has 348 valence electrons. The summed E-state index contributed by atoms with van der Waals surface area (Å²) in [4.78, 5) is 5.02. The van der Waals surface area contributed by atoms with Crippen LogP contribution in [0.5, 0.6) is 11.5 Å². The molecule has 1 aliphatic carbocycles. The summed E-state index contributed by atoms with van der Waals surface area (Å²) in [5, 5.41) is 84.0. The SMILES string of the molecule is CC(C)[O-].CC(C)[O-].CC(C)[O-].CC(C)[O-].CC(C)[O-].CC(C)[O-].Cc1cc(CN2CN(Cc3cc(C)cc(C(C)(C)C)c3[O-])[C@@H]3CCCC[C@H]32)c([O-])c(C(C)(C)C)c1.[Zr+4].[Zr+4]. The molecule has 1 aliphatic heterocycles. The van der Waals surface area contributed by atoms with Crippen LogP contribution in [0.2, 0.25) is 0 Å². The first-order chi connectivity index (χ1) is 26.6. The maximum Gasteiger partial charge on any atom is 4.00 e. The van der Waals surface area contributed by atoms with Crippen molar-refractivity contribution < 1.29 is 93.3 Å². The van der Waals surface area contributed by atoms with E-state index in [4.69, 9.17) is 0 Å². The molecule has 1 saturated heterocycles. The molecule has 2 aromatic rings. The minimum absolute atomic E-state index is 0. The predicted octanol–water partition coefficient (Wildman–Crippen LogP) is 4.16. The van der Waals surface area contributed by atoms with E-state index in [9.17, 15) is 40.9 Å². The Morgan fingerprint density at radius 3 is 0.885 bits per heavy atom. The number of fused-ring (bicyclic) bond motifs is 1. The molecule has 2 atom stereocenters. The van der Waals surface area contributed by atoms with Crippen molar-refractivity contribution in [3.05, 3.63) is 57.6 Å². The van der Waals surface area contributed by atoms with Gasteiger partial charge in [-0.15, -0.1) is 48.1 Å². The molecule has 4 rings (SSSR count). The third-order valence-corrected chi connectivity index (χ3v) is 7.98. The normalized spacial score (nSPS) is 16.1. The molecule has 0 aromatic heterocycles. The van der Waals surface area contributed by atoms with E-state index in [1.54, 1.807) is 83.1 Å². The summed E-state index contributed by atoms with van der Waals surface area (Å²) in [5.74, 6) is 0.397. The zero-order chi connectivity index (χ0) is 47.2. The average Bonchev–Trinajstić information content (AvgIpc) is 3.34. The van der Waals surface area contributed by atoms with E-state index in [0.717, 1.165) is 40.0 Å². The van der Waals surface area contributed by atoms with Gasteiger partial charge in [0.1, 0.15) is 0 Å². The van der Waals surface area contributed by atoms with Crippen molar-refractivity contribution in [3.8, 4) is 11.5 Å². The molecule has 2 aromatic carbocycles. The van der Waals surface area contributed by atoms with Crippen molar-refractivity contribution in [2.24, 2.45) is 0 Å². The molecule has 2 fully saturated rings. The molecule has 0 amide bonds. The van der Waals surface area contributed by atoms with Crippen LogP contribution in [-0.2, 0) is 76.3 Å². The maximum absolute atomic E-state index is 13.4. The third-order valence-electron chi connectivity index (χ3n) is 7.98. The summed E-state index contributed by atoms with van der Waals surface area (Å²) in [6.07, 6.45) is 2.31. The number of hydrogen-bond acceptors (Lipinski definition) is 10. The summed E-state index contributed by atoms with van der Waals surface area (Å²) >= 11 is 0. The monoisotopic (exact) mass is 1010 g/mol. The number of nitrogens with zero attached hydrogens (tertiary/aromatic N) is 2. The second-order valence-electron chi connectivity index (χ2n) is 19.4. The number of benzene rings is 2. The van der Waals surface area contributed by atoms with Gasteiger partial charge in [-0.3, -0.25) is 9.80 Å². The molecule has 0 radical (unpaired) electrons. The molecule has 1 heterocycles. The largest absolute Gasteiger partial charge is 4.00 e. The Hall–Kier alpha value is -0.514. The van der Waals surface area contributed by atoms with Crippen LogP contribution in [0.15, 0.2) is 24.3 Å². The van der Waals surface area contributed by atoms with Crippen LogP contribution in [0.25, 0.3) is 0 Å². The van der Waals surface area contributed by atoms with Gasteiger partial charge in [-0.05, 0) is 59.8 Å². The molecule has 0 spiro atoms. The Morgan fingerprint density at radius 1 is 0.475 bits per heavy atom. The molecule has 0 bridgehead atoms.